The summed E-state index contributed by atoms with van der Waals surface area (Å²) in [6.07, 6.45) is 16.5. The summed E-state index contributed by atoms with van der Waals surface area (Å²) in [4.78, 5) is 2.82. The van der Waals surface area contributed by atoms with Gasteiger partial charge in [-0.2, -0.15) is 0 Å². The third-order valence-electron chi connectivity index (χ3n) is 12.6. The Hall–Kier alpha value is -1.94. The number of hydrogen-bond acceptors (Lipinski definition) is 3. The van der Waals surface area contributed by atoms with Crippen LogP contribution in [0.3, 0.4) is 0 Å². The molecule has 0 amide bonds. The molecule has 3 saturated heterocycles. The fourth-order valence-corrected chi connectivity index (χ4v) is 10.6. The third-order valence-corrected chi connectivity index (χ3v) is 12.6. The molecule has 3 aliphatic carbocycles. The molecule has 7 aliphatic rings. The highest BCUT2D eigenvalue weighted by Crippen LogP contribution is 2.69. The Kier molecular flexibility index (Phi) is 4.58. The Morgan fingerprint density at radius 2 is 1.84 bits per heavy atom. The van der Waals surface area contributed by atoms with Gasteiger partial charge in [0.1, 0.15) is 0 Å². The van der Waals surface area contributed by atoms with Crippen LogP contribution in [0.5, 0.6) is 0 Å². The van der Waals surface area contributed by atoms with Crippen molar-refractivity contribution in [3.8, 4) is 0 Å². The number of hydrogen-bond donors (Lipinski definition) is 0. The van der Waals surface area contributed by atoms with Gasteiger partial charge in [-0.15, -0.1) is 0 Å². The van der Waals surface area contributed by atoms with Crippen molar-refractivity contribution in [1.29, 1.82) is 0 Å². The Labute approximate surface area is 227 Å². The van der Waals surface area contributed by atoms with Crippen LogP contribution in [0.4, 0.5) is 0 Å². The second-order valence-electron chi connectivity index (χ2n) is 14.4. The van der Waals surface area contributed by atoms with Crippen LogP contribution in [0.1, 0.15) is 76.2 Å². The summed E-state index contributed by atoms with van der Waals surface area (Å²) >= 11 is 0. The standard InChI is InChI=1S/C35H41NO2/c1-32-13-12-28-19-27-8-9-29(36-17-16-33(21-36)22-37-23-33)20-34(27)14-15-35(28,38-34)31(32)11-10-30(32)26-7-6-24-4-2-3-5-25(24)18-26/h2-7,12,18-19,29-31H,8-11,13-17,20-23H2,1H3/t29-,30+,31+,32+,34?,35+/m0/s1. The summed E-state index contributed by atoms with van der Waals surface area (Å²) in [6, 6.07) is 16.8. The van der Waals surface area contributed by atoms with Crippen molar-refractivity contribution < 1.29 is 9.47 Å². The molecule has 2 aromatic rings. The molecule has 4 heterocycles. The molecule has 0 radical (unpaired) electrons. The van der Waals surface area contributed by atoms with Gasteiger partial charge in [0.05, 0.1) is 24.4 Å². The van der Waals surface area contributed by atoms with Gasteiger partial charge in [0.2, 0.25) is 0 Å². The quantitative estimate of drug-likeness (QED) is 0.430. The fraction of sp³-hybridized carbons (Fsp3) is 0.600. The lowest BCUT2D eigenvalue weighted by Crippen LogP contribution is -2.55. The summed E-state index contributed by atoms with van der Waals surface area (Å²) in [7, 11) is 0. The molecule has 0 N–H and O–H groups in total. The molecule has 0 aromatic heterocycles. The number of allylic oxidation sites excluding steroid dienone is 1. The number of nitrogens with zero attached hydrogens (tertiary/aromatic N) is 1. The molecule has 5 fully saturated rings. The zero-order chi connectivity index (χ0) is 25.2. The van der Waals surface area contributed by atoms with Crippen LogP contribution in [-0.2, 0) is 9.47 Å². The summed E-state index contributed by atoms with van der Waals surface area (Å²) < 4.78 is 13.2. The molecule has 2 aromatic carbocycles. The smallest absolute Gasteiger partial charge is 0.0974 e. The Bertz CT molecular complexity index is 1390. The van der Waals surface area contributed by atoms with E-state index < -0.39 is 0 Å². The van der Waals surface area contributed by atoms with Gasteiger partial charge in [0.25, 0.3) is 0 Å². The van der Waals surface area contributed by atoms with E-state index in [4.69, 9.17) is 9.47 Å². The van der Waals surface area contributed by atoms with Crippen LogP contribution >= 0.6 is 0 Å². The molecule has 3 spiro atoms. The normalized spacial score (nSPS) is 42.8. The van der Waals surface area contributed by atoms with E-state index in [1.54, 1.807) is 16.7 Å². The predicted octanol–water partition coefficient (Wildman–Crippen LogP) is 7.17. The van der Waals surface area contributed by atoms with Crippen LogP contribution < -0.4 is 0 Å². The first-order chi connectivity index (χ1) is 18.5. The molecule has 38 heavy (non-hydrogen) atoms. The molecule has 9 rings (SSSR count). The first-order valence-electron chi connectivity index (χ1n) is 15.4. The van der Waals surface area contributed by atoms with Gasteiger partial charge in [-0.3, -0.25) is 4.90 Å². The first-order valence-corrected chi connectivity index (χ1v) is 15.4. The zero-order valence-electron chi connectivity index (χ0n) is 22.9. The lowest BCUT2D eigenvalue weighted by molar-refractivity contribution is -0.142. The molecule has 3 nitrogen and oxygen atoms in total. The number of likely N-dealkylation sites (tertiary alicyclic amines) is 1. The lowest BCUT2D eigenvalue weighted by atomic mass is 9.58. The maximum atomic E-state index is 7.61. The number of rotatable bonds is 2. The van der Waals surface area contributed by atoms with E-state index in [2.05, 4.69) is 66.4 Å². The van der Waals surface area contributed by atoms with Crippen LogP contribution in [0, 0.1) is 16.7 Å². The van der Waals surface area contributed by atoms with Crippen LogP contribution in [0.15, 0.2) is 65.8 Å². The van der Waals surface area contributed by atoms with Gasteiger partial charge >= 0.3 is 0 Å². The molecular weight excluding hydrogens is 466 g/mol. The van der Waals surface area contributed by atoms with Crippen molar-refractivity contribution in [3.63, 3.8) is 0 Å². The zero-order valence-corrected chi connectivity index (χ0v) is 22.9. The minimum absolute atomic E-state index is 0.00852. The van der Waals surface area contributed by atoms with Crippen molar-refractivity contribution in [3.05, 3.63) is 71.3 Å². The molecule has 198 valence electrons. The largest absolute Gasteiger partial charge is 0.380 e. The minimum Gasteiger partial charge on any atom is -0.380 e. The third kappa shape index (κ3) is 2.91. The summed E-state index contributed by atoms with van der Waals surface area (Å²) in [5.74, 6) is 1.23. The number of fused-ring (bicyclic) bond motifs is 2. The predicted molar refractivity (Wildman–Crippen MR) is 151 cm³/mol. The van der Waals surface area contributed by atoms with Crippen molar-refractivity contribution in [2.45, 2.75) is 87.9 Å². The van der Waals surface area contributed by atoms with E-state index in [0.29, 0.717) is 23.3 Å². The Morgan fingerprint density at radius 1 is 0.947 bits per heavy atom. The summed E-state index contributed by atoms with van der Waals surface area (Å²) in [5.41, 5.74) is 5.39. The second-order valence-corrected chi connectivity index (χ2v) is 14.4. The van der Waals surface area contributed by atoms with Gasteiger partial charge < -0.3 is 9.47 Å². The average Bonchev–Trinajstić information content (AvgIpc) is 3.61. The van der Waals surface area contributed by atoms with E-state index in [0.717, 1.165) is 13.2 Å². The van der Waals surface area contributed by atoms with Gasteiger partial charge in [0.15, 0.2) is 0 Å². The average molecular weight is 508 g/mol. The number of benzene rings is 2. The van der Waals surface area contributed by atoms with Crippen molar-refractivity contribution >= 4 is 10.8 Å². The van der Waals surface area contributed by atoms with Crippen molar-refractivity contribution in [1.82, 2.24) is 4.90 Å². The van der Waals surface area contributed by atoms with E-state index in [9.17, 15) is 0 Å². The summed E-state index contributed by atoms with van der Waals surface area (Å²) in [5, 5.41) is 2.74. The molecule has 2 saturated carbocycles. The van der Waals surface area contributed by atoms with E-state index in [-0.39, 0.29) is 16.6 Å². The molecule has 4 aliphatic heterocycles. The van der Waals surface area contributed by atoms with E-state index in [1.807, 2.05) is 0 Å². The SMILES string of the molecule is C[C@]12CC=C3C=C4CC[C@H](N5CCC6(COC6)C5)CC45CC[C@]3(O5)[C@@H]1CC[C@@H]2c1ccc2ccccc2c1. The van der Waals surface area contributed by atoms with E-state index >= 15 is 0 Å². The Morgan fingerprint density at radius 3 is 2.68 bits per heavy atom. The van der Waals surface area contributed by atoms with Crippen molar-refractivity contribution in [2.24, 2.45) is 16.7 Å². The van der Waals surface area contributed by atoms with Gasteiger partial charge in [-0.1, -0.05) is 61.5 Å². The second kappa shape index (κ2) is 7.62. The number of ether oxygens (including phenoxy) is 2. The van der Waals surface area contributed by atoms with Crippen molar-refractivity contribution in [2.75, 3.05) is 26.3 Å². The maximum Gasteiger partial charge on any atom is 0.0974 e. The molecule has 2 bridgehead atoms. The molecular formula is C35H41NO2. The van der Waals surface area contributed by atoms with Gasteiger partial charge in [-0.25, -0.2) is 0 Å². The highest BCUT2D eigenvalue weighted by Gasteiger charge is 2.66. The topological polar surface area (TPSA) is 21.7 Å². The van der Waals surface area contributed by atoms with Gasteiger partial charge in [0, 0.05) is 18.0 Å². The monoisotopic (exact) mass is 507 g/mol. The molecule has 3 heteroatoms. The van der Waals surface area contributed by atoms with Crippen LogP contribution in [-0.4, -0.2) is 48.4 Å². The first kappa shape index (κ1) is 22.8. The highest BCUT2D eigenvalue weighted by molar-refractivity contribution is 5.83. The highest BCUT2D eigenvalue weighted by atomic mass is 16.5. The summed E-state index contributed by atoms with van der Waals surface area (Å²) in [6.45, 7) is 7.08. The Balaban J connectivity index is 1.03. The lowest BCUT2D eigenvalue weighted by Gasteiger charge is -2.55. The van der Waals surface area contributed by atoms with Crippen LogP contribution in [0.2, 0.25) is 0 Å². The maximum absolute atomic E-state index is 7.61. The van der Waals surface area contributed by atoms with Gasteiger partial charge in [-0.05, 0) is 109 Å². The molecule has 1 unspecified atom stereocenters. The van der Waals surface area contributed by atoms with Crippen LogP contribution in [0.25, 0.3) is 10.8 Å². The fourth-order valence-electron chi connectivity index (χ4n) is 10.6. The molecule has 6 atom stereocenters. The van der Waals surface area contributed by atoms with E-state index in [1.165, 1.54) is 81.6 Å². The minimum atomic E-state index is -0.0575.